The molecule has 1 aromatic heterocycles. The van der Waals surface area contributed by atoms with Gasteiger partial charge in [0.15, 0.2) is 0 Å². The molecule has 1 aromatic carbocycles. The molecular formula is C13H13Cl2NS. The van der Waals surface area contributed by atoms with Crippen LogP contribution in [-0.2, 0) is 6.42 Å². The van der Waals surface area contributed by atoms with E-state index in [1.165, 1.54) is 11.3 Å². The smallest absolute Gasteiger partial charge is 0.0931 e. The Morgan fingerprint density at radius 3 is 2.59 bits per heavy atom. The maximum Gasteiger partial charge on any atom is 0.0931 e. The van der Waals surface area contributed by atoms with Crippen molar-refractivity contribution in [3.05, 3.63) is 55.7 Å². The topological polar surface area (TPSA) is 26.0 Å². The van der Waals surface area contributed by atoms with Crippen molar-refractivity contribution in [1.82, 2.24) is 0 Å². The van der Waals surface area contributed by atoms with Crippen molar-refractivity contribution >= 4 is 34.5 Å². The second kappa shape index (κ2) is 5.40. The van der Waals surface area contributed by atoms with Crippen LogP contribution in [0.3, 0.4) is 0 Å². The van der Waals surface area contributed by atoms with E-state index in [-0.39, 0.29) is 6.04 Å². The highest BCUT2D eigenvalue weighted by atomic mass is 35.5. The highest BCUT2D eigenvalue weighted by molar-refractivity contribution is 7.16. The maximum atomic E-state index is 6.19. The Balaban J connectivity index is 2.15. The summed E-state index contributed by atoms with van der Waals surface area (Å²) in [4.78, 5) is 1.09. The third kappa shape index (κ3) is 3.23. The Labute approximate surface area is 115 Å². The van der Waals surface area contributed by atoms with Crippen molar-refractivity contribution in [2.24, 2.45) is 5.73 Å². The summed E-state index contributed by atoms with van der Waals surface area (Å²) >= 11 is 13.6. The SMILES string of the molecule is Cc1ccc(CC(N)c2ccc(Cl)s2)c(Cl)c1. The summed E-state index contributed by atoms with van der Waals surface area (Å²) in [6.45, 7) is 2.02. The van der Waals surface area contributed by atoms with Gasteiger partial charge < -0.3 is 5.73 Å². The number of nitrogens with two attached hydrogens (primary N) is 1. The quantitative estimate of drug-likeness (QED) is 0.876. The Bertz CT molecular complexity index is 522. The average Bonchev–Trinajstić information content (AvgIpc) is 2.69. The van der Waals surface area contributed by atoms with Crippen molar-refractivity contribution < 1.29 is 0 Å². The van der Waals surface area contributed by atoms with Gasteiger partial charge in [-0.25, -0.2) is 0 Å². The van der Waals surface area contributed by atoms with Crippen LogP contribution in [0.2, 0.25) is 9.36 Å². The van der Waals surface area contributed by atoms with Gasteiger partial charge in [-0.05, 0) is 42.7 Å². The number of aryl methyl sites for hydroxylation is 1. The van der Waals surface area contributed by atoms with Gasteiger partial charge in [-0.15, -0.1) is 11.3 Å². The van der Waals surface area contributed by atoms with Crippen molar-refractivity contribution in [3.63, 3.8) is 0 Å². The lowest BCUT2D eigenvalue weighted by atomic mass is 10.0. The fourth-order valence-corrected chi connectivity index (χ4v) is 3.06. The Kier molecular flexibility index (Phi) is 4.10. The van der Waals surface area contributed by atoms with E-state index in [0.717, 1.165) is 31.8 Å². The van der Waals surface area contributed by atoms with E-state index >= 15 is 0 Å². The normalized spacial score (nSPS) is 12.7. The van der Waals surface area contributed by atoms with Crippen LogP contribution in [-0.4, -0.2) is 0 Å². The number of thiophene rings is 1. The molecule has 17 heavy (non-hydrogen) atoms. The number of hydrogen-bond acceptors (Lipinski definition) is 2. The third-order valence-electron chi connectivity index (χ3n) is 2.61. The molecule has 0 bridgehead atoms. The molecular weight excluding hydrogens is 273 g/mol. The predicted octanol–water partition coefficient (Wildman–Crippen LogP) is 4.61. The van der Waals surface area contributed by atoms with Gasteiger partial charge >= 0.3 is 0 Å². The largest absolute Gasteiger partial charge is 0.323 e. The molecule has 2 aromatic rings. The lowest BCUT2D eigenvalue weighted by molar-refractivity contribution is 0.736. The molecule has 0 aliphatic carbocycles. The molecule has 1 unspecified atom stereocenters. The molecule has 4 heteroatoms. The Hall–Kier alpha value is -0.540. The molecule has 0 spiro atoms. The first-order chi connectivity index (χ1) is 8.06. The summed E-state index contributed by atoms with van der Waals surface area (Å²) < 4.78 is 0.769. The number of halogens is 2. The second-order valence-electron chi connectivity index (χ2n) is 4.05. The van der Waals surface area contributed by atoms with Gasteiger partial charge in [0.05, 0.1) is 4.34 Å². The zero-order valence-corrected chi connectivity index (χ0v) is 11.7. The van der Waals surface area contributed by atoms with E-state index in [9.17, 15) is 0 Å². The standard InChI is InChI=1S/C13H13Cl2NS/c1-8-2-3-9(10(14)6-8)7-11(16)12-4-5-13(15)17-12/h2-6,11H,7,16H2,1H3. The highest BCUT2D eigenvalue weighted by Gasteiger charge is 2.11. The molecule has 0 fully saturated rings. The summed E-state index contributed by atoms with van der Waals surface area (Å²) in [5.74, 6) is 0. The fraction of sp³-hybridized carbons (Fsp3) is 0.231. The molecule has 1 nitrogen and oxygen atoms in total. The fourth-order valence-electron chi connectivity index (χ4n) is 1.68. The lowest BCUT2D eigenvalue weighted by Gasteiger charge is -2.11. The Morgan fingerprint density at radius 1 is 1.24 bits per heavy atom. The van der Waals surface area contributed by atoms with Crippen LogP contribution < -0.4 is 5.73 Å². The van der Waals surface area contributed by atoms with Gasteiger partial charge in [-0.2, -0.15) is 0 Å². The predicted molar refractivity (Wildman–Crippen MR) is 76.2 cm³/mol. The maximum absolute atomic E-state index is 6.19. The van der Waals surface area contributed by atoms with Gasteiger partial charge in [0, 0.05) is 15.9 Å². The minimum Gasteiger partial charge on any atom is -0.323 e. The van der Waals surface area contributed by atoms with Crippen LogP contribution in [0.15, 0.2) is 30.3 Å². The molecule has 0 saturated carbocycles. The van der Waals surface area contributed by atoms with Gasteiger partial charge in [0.2, 0.25) is 0 Å². The first-order valence-corrected chi connectivity index (χ1v) is 6.89. The summed E-state index contributed by atoms with van der Waals surface area (Å²) in [5, 5.41) is 0.781. The number of hydrogen-bond donors (Lipinski definition) is 1. The zero-order valence-electron chi connectivity index (χ0n) is 9.41. The average molecular weight is 286 g/mol. The van der Waals surface area contributed by atoms with Crippen LogP contribution >= 0.6 is 34.5 Å². The van der Waals surface area contributed by atoms with Crippen LogP contribution in [0.1, 0.15) is 22.0 Å². The highest BCUT2D eigenvalue weighted by Crippen LogP contribution is 2.29. The summed E-state index contributed by atoms with van der Waals surface area (Å²) in [6.07, 6.45) is 0.732. The molecule has 0 saturated heterocycles. The summed E-state index contributed by atoms with van der Waals surface area (Å²) in [7, 11) is 0. The van der Waals surface area contributed by atoms with E-state index in [2.05, 4.69) is 6.07 Å². The van der Waals surface area contributed by atoms with E-state index in [1.807, 2.05) is 31.2 Å². The zero-order chi connectivity index (χ0) is 12.4. The summed E-state index contributed by atoms with van der Waals surface area (Å²) in [5.41, 5.74) is 8.38. The Morgan fingerprint density at radius 2 is 2.00 bits per heavy atom. The van der Waals surface area contributed by atoms with Crippen molar-refractivity contribution in [3.8, 4) is 0 Å². The van der Waals surface area contributed by atoms with Crippen LogP contribution in [0, 0.1) is 6.92 Å². The van der Waals surface area contributed by atoms with Crippen molar-refractivity contribution in [2.45, 2.75) is 19.4 Å². The van der Waals surface area contributed by atoms with Crippen LogP contribution in [0.4, 0.5) is 0 Å². The van der Waals surface area contributed by atoms with Gasteiger partial charge in [0.25, 0.3) is 0 Å². The first-order valence-electron chi connectivity index (χ1n) is 5.32. The molecule has 0 amide bonds. The van der Waals surface area contributed by atoms with E-state index < -0.39 is 0 Å². The molecule has 0 aliphatic rings. The van der Waals surface area contributed by atoms with Gasteiger partial charge in [-0.1, -0.05) is 35.3 Å². The van der Waals surface area contributed by atoms with Gasteiger partial charge in [0.1, 0.15) is 0 Å². The molecule has 0 radical (unpaired) electrons. The monoisotopic (exact) mass is 285 g/mol. The van der Waals surface area contributed by atoms with E-state index in [4.69, 9.17) is 28.9 Å². The minimum absolute atomic E-state index is 0.0484. The molecule has 0 aliphatic heterocycles. The molecule has 90 valence electrons. The van der Waals surface area contributed by atoms with Gasteiger partial charge in [-0.3, -0.25) is 0 Å². The molecule has 1 atom stereocenters. The second-order valence-corrected chi connectivity index (χ2v) is 6.20. The van der Waals surface area contributed by atoms with Crippen molar-refractivity contribution in [1.29, 1.82) is 0 Å². The molecule has 2 rings (SSSR count). The number of rotatable bonds is 3. The van der Waals surface area contributed by atoms with Crippen LogP contribution in [0.25, 0.3) is 0 Å². The summed E-state index contributed by atoms with van der Waals surface area (Å²) in [6, 6.07) is 9.85. The lowest BCUT2D eigenvalue weighted by Crippen LogP contribution is -2.12. The van der Waals surface area contributed by atoms with E-state index in [1.54, 1.807) is 0 Å². The van der Waals surface area contributed by atoms with Crippen LogP contribution in [0.5, 0.6) is 0 Å². The third-order valence-corrected chi connectivity index (χ3v) is 4.32. The first kappa shape index (κ1) is 12.9. The number of benzene rings is 1. The molecule has 2 N–H and O–H groups in total. The molecule has 1 heterocycles. The van der Waals surface area contributed by atoms with E-state index in [0.29, 0.717) is 0 Å². The minimum atomic E-state index is -0.0484. The van der Waals surface area contributed by atoms with Crippen molar-refractivity contribution in [2.75, 3.05) is 0 Å².